The van der Waals surface area contributed by atoms with Crippen molar-refractivity contribution in [2.75, 3.05) is 14.2 Å². The van der Waals surface area contributed by atoms with Crippen molar-refractivity contribution in [3.05, 3.63) is 40.2 Å². The maximum Gasteiger partial charge on any atom is 0.142 e. The van der Waals surface area contributed by atoms with Gasteiger partial charge < -0.3 is 14.5 Å². The zero-order chi connectivity index (χ0) is 13.8. The van der Waals surface area contributed by atoms with E-state index in [0.29, 0.717) is 17.1 Å². The third kappa shape index (κ3) is 3.19. The highest BCUT2D eigenvalue weighted by atomic mass is 32.1. The summed E-state index contributed by atoms with van der Waals surface area (Å²) in [7, 11) is 3.29. The van der Waals surface area contributed by atoms with Gasteiger partial charge in [0.1, 0.15) is 16.2 Å². The van der Waals surface area contributed by atoms with Crippen LogP contribution in [0.25, 0.3) is 11.4 Å². The number of aryl methyl sites for hydroxylation is 1. The van der Waals surface area contributed by atoms with Crippen LogP contribution in [0.5, 0.6) is 5.75 Å². The van der Waals surface area contributed by atoms with Crippen LogP contribution in [0, 0.1) is 11.6 Å². The van der Waals surface area contributed by atoms with Crippen molar-refractivity contribution < 1.29 is 9.47 Å². The molecule has 0 spiro atoms. The fourth-order valence-corrected chi connectivity index (χ4v) is 2.10. The quantitative estimate of drug-likeness (QED) is 0.871. The molecule has 0 amide bonds. The predicted octanol–water partition coefficient (Wildman–Crippen LogP) is 3.27. The number of nitrogens with zero attached hydrogens (tertiary/aromatic N) is 1. The first-order chi connectivity index (χ1) is 9.13. The molecular formula is C14H16N2O2S. The van der Waals surface area contributed by atoms with Crippen LogP contribution in [0.1, 0.15) is 11.3 Å². The summed E-state index contributed by atoms with van der Waals surface area (Å²) in [4.78, 5) is 7.56. The van der Waals surface area contributed by atoms with Crippen molar-refractivity contribution in [2.45, 2.75) is 13.5 Å². The van der Waals surface area contributed by atoms with E-state index in [9.17, 15) is 0 Å². The topological polar surface area (TPSA) is 47.1 Å². The molecule has 1 aromatic heterocycles. The molecule has 0 fully saturated rings. The van der Waals surface area contributed by atoms with E-state index >= 15 is 0 Å². The molecule has 0 atom stereocenters. The monoisotopic (exact) mass is 276 g/mol. The maximum absolute atomic E-state index is 5.40. The molecule has 0 radical (unpaired) electrons. The Balaban J connectivity index is 2.55. The lowest BCUT2D eigenvalue weighted by molar-refractivity contribution is 0.181. The van der Waals surface area contributed by atoms with Crippen LogP contribution in [0.2, 0.25) is 0 Å². The first-order valence-electron chi connectivity index (χ1n) is 5.88. The number of H-pyrrole nitrogens is 1. The summed E-state index contributed by atoms with van der Waals surface area (Å²) in [6.45, 7) is 2.48. The van der Waals surface area contributed by atoms with E-state index < -0.39 is 0 Å². The Morgan fingerprint density at radius 2 is 2.05 bits per heavy atom. The van der Waals surface area contributed by atoms with Crippen molar-refractivity contribution >= 4 is 12.2 Å². The van der Waals surface area contributed by atoms with Crippen LogP contribution in [0.4, 0.5) is 0 Å². The average molecular weight is 276 g/mol. The molecule has 1 aromatic carbocycles. The lowest BCUT2D eigenvalue weighted by Crippen LogP contribution is -1.99. The molecular weight excluding hydrogens is 260 g/mol. The van der Waals surface area contributed by atoms with E-state index in [1.54, 1.807) is 20.3 Å². The number of rotatable bonds is 4. The van der Waals surface area contributed by atoms with Crippen molar-refractivity contribution in [3.8, 4) is 17.1 Å². The zero-order valence-corrected chi connectivity index (χ0v) is 12.0. The minimum absolute atomic E-state index is 0.466. The van der Waals surface area contributed by atoms with Crippen LogP contribution in [-0.2, 0) is 11.3 Å². The van der Waals surface area contributed by atoms with Gasteiger partial charge in [0, 0.05) is 12.8 Å². The predicted molar refractivity (Wildman–Crippen MR) is 76.9 cm³/mol. The standard InChI is InChI=1S/C14H16N2O2S/c1-9-4-5-11(12(6-9)18-3)14-15-10(8-17-2)7-13(19)16-14/h4-7H,8H2,1-3H3,(H,15,16,19). The summed E-state index contributed by atoms with van der Waals surface area (Å²) >= 11 is 5.18. The van der Waals surface area contributed by atoms with Crippen molar-refractivity contribution in [2.24, 2.45) is 0 Å². The summed E-state index contributed by atoms with van der Waals surface area (Å²) in [6, 6.07) is 7.75. The van der Waals surface area contributed by atoms with E-state index in [1.807, 2.05) is 25.1 Å². The minimum Gasteiger partial charge on any atom is -0.496 e. The normalized spacial score (nSPS) is 10.5. The highest BCUT2D eigenvalue weighted by molar-refractivity contribution is 7.71. The minimum atomic E-state index is 0.466. The SMILES string of the molecule is COCc1cc(=S)nc(-c2ccc(C)cc2OC)[nH]1. The highest BCUT2D eigenvalue weighted by Crippen LogP contribution is 2.28. The molecule has 100 valence electrons. The van der Waals surface area contributed by atoms with E-state index in [4.69, 9.17) is 21.7 Å². The van der Waals surface area contributed by atoms with Gasteiger partial charge >= 0.3 is 0 Å². The van der Waals surface area contributed by atoms with Crippen molar-refractivity contribution in [3.63, 3.8) is 0 Å². The Labute approximate surface area is 117 Å². The molecule has 0 aliphatic rings. The Morgan fingerprint density at radius 3 is 2.74 bits per heavy atom. The number of aromatic amines is 1. The summed E-state index contributed by atoms with van der Waals surface area (Å²) in [5.41, 5.74) is 2.91. The van der Waals surface area contributed by atoms with Gasteiger partial charge in [-0.1, -0.05) is 18.3 Å². The first-order valence-corrected chi connectivity index (χ1v) is 6.29. The zero-order valence-electron chi connectivity index (χ0n) is 11.2. The Kier molecular flexibility index (Phi) is 4.29. The molecule has 1 heterocycles. The molecule has 0 bridgehead atoms. The number of hydrogen-bond donors (Lipinski definition) is 1. The molecule has 2 aromatic rings. The number of hydrogen-bond acceptors (Lipinski definition) is 4. The summed E-state index contributed by atoms with van der Waals surface area (Å²) in [6.07, 6.45) is 0. The average Bonchev–Trinajstić information content (AvgIpc) is 2.38. The van der Waals surface area contributed by atoms with Gasteiger partial charge in [0.2, 0.25) is 0 Å². The first kappa shape index (κ1) is 13.7. The van der Waals surface area contributed by atoms with E-state index in [1.165, 1.54) is 0 Å². The second kappa shape index (κ2) is 5.95. The van der Waals surface area contributed by atoms with Gasteiger partial charge in [-0.05, 0) is 30.7 Å². The summed E-state index contributed by atoms with van der Waals surface area (Å²) < 4.78 is 11.0. The van der Waals surface area contributed by atoms with Gasteiger partial charge in [-0.25, -0.2) is 4.98 Å². The smallest absolute Gasteiger partial charge is 0.142 e. The largest absolute Gasteiger partial charge is 0.496 e. The van der Waals surface area contributed by atoms with Crippen LogP contribution in [0.15, 0.2) is 24.3 Å². The van der Waals surface area contributed by atoms with E-state index in [2.05, 4.69) is 9.97 Å². The lowest BCUT2D eigenvalue weighted by atomic mass is 10.1. The number of methoxy groups -OCH3 is 2. The van der Waals surface area contributed by atoms with Crippen molar-refractivity contribution in [1.82, 2.24) is 9.97 Å². The van der Waals surface area contributed by atoms with Gasteiger partial charge in [-0.3, -0.25) is 0 Å². The molecule has 0 unspecified atom stereocenters. The third-order valence-corrected chi connectivity index (χ3v) is 2.92. The molecule has 2 rings (SSSR count). The molecule has 1 N–H and O–H groups in total. The molecule has 5 heteroatoms. The second-order valence-corrected chi connectivity index (χ2v) is 4.65. The second-order valence-electron chi connectivity index (χ2n) is 4.23. The lowest BCUT2D eigenvalue weighted by Gasteiger charge is -2.10. The number of benzene rings is 1. The molecule has 4 nitrogen and oxygen atoms in total. The Morgan fingerprint density at radius 1 is 1.26 bits per heavy atom. The van der Waals surface area contributed by atoms with E-state index in [-0.39, 0.29) is 0 Å². The molecule has 19 heavy (non-hydrogen) atoms. The molecule has 0 aliphatic heterocycles. The van der Waals surface area contributed by atoms with Gasteiger partial charge in [-0.2, -0.15) is 0 Å². The van der Waals surface area contributed by atoms with Crippen LogP contribution in [-0.4, -0.2) is 24.2 Å². The van der Waals surface area contributed by atoms with Crippen LogP contribution >= 0.6 is 12.2 Å². The maximum atomic E-state index is 5.40. The number of nitrogens with one attached hydrogen (secondary N) is 1. The van der Waals surface area contributed by atoms with Crippen LogP contribution < -0.4 is 4.74 Å². The summed E-state index contributed by atoms with van der Waals surface area (Å²) in [5.74, 6) is 1.46. The number of aromatic nitrogens is 2. The molecule has 0 aliphatic carbocycles. The molecule has 0 saturated carbocycles. The fourth-order valence-electron chi connectivity index (χ4n) is 1.86. The van der Waals surface area contributed by atoms with Gasteiger partial charge in [-0.15, -0.1) is 0 Å². The van der Waals surface area contributed by atoms with Crippen molar-refractivity contribution in [1.29, 1.82) is 0 Å². The summed E-state index contributed by atoms with van der Waals surface area (Å²) in [5, 5.41) is 0. The van der Waals surface area contributed by atoms with Crippen LogP contribution in [0.3, 0.4) is 0 Å². The Bertz CT molecular complexity index is 638. The van der Waals surface area contributed by atoms with Gasteiger partial charge in [0.05, 0.1) is 19.3 Å². The van der Waals surface area contributed by atoms with Gasteiger partial charge in [0.25, 0.3) is 0 Å². The van der Waals surface area contributed by atoms with E-state index in [0.717, 1.165) is 22.6 Å². The third-order valence-electron chi connectivity index (χ3n) is 2.71. The fraction of sp³-hybridized carbons (Fsp3) is 0.286. The number of ether oxygens (including phenoxy) is 2. The highest BCUT2D eigenvalue weighted by Gasteiger charge is 2.09. The Hall–Kier alpha value is -1.72. The molecule has 0 saturated heterocycles. The van der Waals surface area contributed by atoms with Gasteiger partial charge in [0.15, 0.2) is 0 Å².